The molecule has 1 aromatic carbocycles. The Kier molecular flexibility index (Phi) is 11.0. The fraction of sp³-hybridized carbons (Fsp3) is 0.611. The molecule has 1 rings (SSSR count). The number of hydrogen-bond donors (Lipinski definition) is 3. The van der Waals surface area contributed by atoms with Crippen LogP contribution in [0.5, 0.6) is 5.75 Å². The van der Waals surface area contributed by atoms with E-state index in [1.807, 2.05) is 58.9 Å². The number of aliphatic imine (C=N–C) groups is 1. The Morgan fingerprint density at radius 2 is 1.92 bits per heavy atom. The van der Waals surface area contributed by atoms with Gasteiger partial charge in [-0.25, -0.2) is 4.99 Å². The number of guanidine groups is 1. The van der Waals surface area contributed by atoms with Crippen LogP contribution in [0.25, 0.3) is 0 Å². The summed E-state index contributed by atoms with van der Waals surface area (Å²) in [6.45, 7) is 12.3. The van der Waals surface area contributed by atoms with E-state index in [1.54, 1.807) is 0 Å². The van der Waals surface area contributed by atoms with Crippen molar-refractivity contribution in [3.8, 4) is 5.75 Å². The predicted octanol–water partition coefficient (Wildman–Crippen LogP) is 3.17. The SMILES string of the molecule is CCNC(=NCc1ccccc1OC(C)(C)C)NCC(C)CO.I. The van der Waals surface area contributed by atoms with Gasteiger partial charge in [0.2, 0.25) is 0 Å². The van der Waals surface area contributed by atoms with Crippen molar-refractivity contribution in [2.24, 2.45) is 10.9 Å². The highest BCUT2D eigenvalue weighted by Gasteiger charge is 2.14. The summed E-state index contributed by atoms with van der Waals surface area (Å²) in [5, 5.41) is 15.6. The Bertz CT molecular complexity index is 501. The maximum absolute atomic E-state index is 9.11. The van der Waals surface area contributed by atoms with Crippen molar-refractivity contribution in [2.75, 3.05) is 19.7 Å². The predicted molar refractivity (Wildman–Crippen MR) is 111 cm³/mol. The normalized spacial score (nSPS) is 13.0. The van der Waals surface area contributed by atoms with E-state index in [0.29, 0.717) is 13.1 Å². The van der Waals surface area contributed by atoms with Crippen molar-refractivity contribution in [3.63, 3.8) is 0 Å². The van der Waals surface area contributed by atoms with Crippen LogP contribution >= 0.6 is 24.0 Å². The van der Waals surface area contributed by atoms with Crippen LogP contribution in [-0.2, 0) is 6.54 Å². The fourth-order valence-electron chi connectivity index (χ4n) is 1.91. The largest absolute Gasteiger partial charge is 0.488 e. The van der Waals surface area contributed by atoms with E-state index in [4.69, 9.17) is 9.84 Å². The Morgan fingerprint density at radius 3 is 2.50 bits per heavy atom. The molecule has 0 saturated heterocycles. The molecule has 0 aromatic heterocycles. The molecular formula is C18H32IN3O2. The van der Waals surface area contributed by atoms with Gasteiger partial charge in [-0.2, -0.15) is 0 Å². The van der Waals surface area contributed by atoms with Gasteiger partial charge in [0.25, 0.3) is 0 Å². The van der Waals surface area contributed by atoms with Gasteiger partial charge >= 0.3 is 0 Å². The summed E-state index contributed by atoms with van der Waals surface area (Å²) in [4.78, 5) is 4.61. The molecule has 0 aliphatic carbocycles. The van der Waals surface area contributed by atoms with Gasteiger partial charge < -0.3 is 20.5 Å². The first kappa shape index (κ1) is 23.0. The number of nitrogens with zero attached hydrogens (tertiary/aromatic N) is 1. The lowest BCUT2D eigenvalue weighted by Gasteiger charge is -2.23. The van der Waals surface area contributed by atoms with Crippen molar-refractivity contribution in [3.05, 3.63) is 29.8 Å². The topological polar surface area (TPSA) is 65.9 Å². The quantitative estimate of drug-likeness (QED) is 0.340. The van der Waals surface area contributed by atoms with Crippen molar-refractivity contribution >= 4 is 29.9 Å². The molecule has 3 N–H and O–H groups in total. The number of rotatable bonds is 7. The summed E-state index contributed by atoms with van der Waals surface area (Å²) in [6.07, 6.45) is 0. The highest BCUT2D eigenvalue weighted by molar-refractivity contribution is 14.0. The van der Waals surface area contributed by atoms with Crippen LogP contribution in [0.1, 0.15) is 40.2 Å². The van der Waals surface area contributed by atoms with E-state index < -0.39 is 0 Å². The molecule has 0 fully saturated rings. The molecule has 1 unspecified atom stereocenters. The molecule has 0 heterocycles. The number of halogens is 1. The number of aliphatic hydroxyl groups is 1. The Balaban J connectivity index is 0.00000529. The standard InChI is InChI=1S/C18H31N3O2.HI/c1-6-19-17(20-11-14(2)13-22)21-12-15-9-7-8-10-16(15)23-18(3,4)5;/h7-10,14,22H,6,11-13H2,1-5H3,(H2,19,20,21);1H. The lowest BCUT2D eigenvalue weighted by molar-refractivity contribution is 0.129. The second kappa shape index (κ2) is 11.5. The van der Waals surface area contributed by atoms with Crippen LogP contribution < -0.4 is 15.4 Å². The summed E-state index contributed by atoms with van der Waals surface area (Å²) >= 11 is 0. The van der Waals surface area contributed by atoms with Crippen LogP contribution in [-0.4, -0.2) is 36.4 Å². The highest BCUT2D eigenvalue weighted by Crippen LogP contribution is 2.23. The molecule has 0 aliphatic heterocycles. The van der Waals surface area contributed by atoms with Crippen LogP contribution in [0.4, 0.5) is 0 Å². The van der Waals surface area contributed by atoms with Crippen molar-refractivity contribution < 1.29 is 9.84 Å². The van der Waals surface area contributed by atoms with Crippen LogP contribution in [0.15, 0.2) is 29.3 Å². The minimum Gasteiger partial charge on any atom is -0.488 e. The number of ether oxygens (including phenoxy) is 1. The molecule has 1 atom stereocenters. The Morgan fingerprint density at radius 1 is 1.25 bits per heavy atom. The van der Waals surface area contributed by atoms with Gasteiger partial charge in [-0.3, -0.25) is 0 Å². The van der Waals surface area contributed by atoms with Crippen molar-refractivity contribution in [2.45, 2.75) is 46.8 Å². The molecule has 0 amide bonds. The first-order valence-corrected chi connectivity index (χ1v) is 8.25. The zero-order valence-electron chi connectivity index (χ0n) is 15.4. The monoisotopic (exact) mass is 449 g/mol. The first-order chi connectivity index (χ1) is 10.9. The Labute approximate surface area is 163 Å². The molecule has 1 aromatic rings. The first-order valence-electron chi connectivity index (χ1n) is 8.25. The second-order valence-corrected chi connectivity index (χ2v) is 6.69. The lowest BCUT2D eigenvalue weighted by Crippen LogP contribution is -2.39. The molecule has 0 aliphatic rings. The third kappa shape index (κ3) is 9.32. The molecule has 6 heteroatoms. The molecule has 5 nitrogen and oxygen atoms in total. The summed E-state index contributed by atoms with van der Waals surface area (Å²) in [7, 11) is 0. The van der Waals surface area contributed by atoms with Crippen LogP contribution in [0, 0.1) is 5.92 Å². The van der Waals surface area contributed by atoms with E-state index in [9.17, 15) is 0 Å². The van der Waals surface area contributed by atoms with E-state index in [2.05, 4.69) is 15.6 Å². The molecule has 0 spiro atoms. The minimum atomic E-state index is -0.237. The molecule has 0 bridgehead atoms. The van der Waals surface area contributed by atoms with E-state index in [1.165, 1.54) is 0 Å². The molecule has 0 saturated carbocycles. The maximum Gasteiger partial charge on any atom is 0.191 e. The number of aliphatic hydroxyl groups excluding tert-OH is 1. The number of benzene rings is 1. The Hall–Kier alpha value is -1.02. The third-order valence-corrected chi connectivity index (χ3v) is 3.07. The van der Waals surface area contributed by atoms with Crippen LogP contribution in [0.3, 0.4) is 0 Å². The van der Waals surface area contributed by atoms with Gasteiger partial charge in [0, 0.05) is 25.3 Å². The van der Waals surface area contributed by atoms with E-state index in [0.717, 1.165) is 23.8 Å². The van der Waals surface area contributed by atoms with Gasteiger partial charge in [0.15, 0.2) is 5.96 Å². The van der Waals surface area contributed by atoms with Gasteiger partial charge in [-0.05, 0) is 39.7 Å². The van der Waals surface area contributed by atoms with Gasteiger partial charge in [0.1, 0.15) is 11.4 Å². The number of para-hydroxylation sites is 1. The summed E-state index contributed by atoms with van der Waals surface area (Å²) in [5.74, 6) is 1.80. The van der Waals surface area contributed by atoms with E-state index in [-0.39, 0.29) is 42.1 Å². The molecular weight excluding hydrogens is 417 g/mol. The average molecular weight is 449 g/mol. The third-order valence-electron chi connectivity index (χ3n) is 3.07. The minimum absolute atomic E-state index is 0. The average Bonchev–Trinajstić information content (AvgIpc) is 2.49. The smallest absolute Gasteiger partial charge is 0.191 e. The maximum atomic E-state index is 9.11. The molecule has 24 heavy (non-hydrogen) atoms. The molecule has 138 valence electrons. The highest BCUT2D eigenvalue weighted by atomic mass is 127. The summed E-state index contributed by atoms with van der Waals surface area (Å²) in [6, 6.07) is 7.98. The lowest BCUT2D eigenvalue weighted by atomic mass is 10.1. The zero-order valence-corrected chi connectivity index (χ0v) is 17.8. The summed E-state index contributed by atoms with van der Waals surface area (Å²) in [5.41, 5.74) is 0.814. The second-order valence-electron chi connectivity index (χ2n) is 6.69. The number of hydrogen-bond acceptors (Lipinski definition) is 3. The summed E-state index contributed by atoms with van der Waals surface area (Å²) < 4.78 is 6.00. The van der Waals surface area contributed by atoms with E-state index >= 15 is 0 Å². The number of nitrogens with one attached hydrogen (secondary N) is 2. The van der Waals surface area contributed by atoms with Crippen molar-refractivity contribution in [1.82, 2.24) is 10.6 Å². The van der Waals surface area contributed by atoms with Gasteiger partial charge in [0.05, 0.1) is 6.54 Å². The van der Waals surface area contributed by atoms with Crippen molar-refractivity contribution in [1.29, 1.82) is 0 Å². The molecule has 0 radical (unpaired) electrons. The van der Waals surface area contributed by atoms with Gasteiger partial charge in [-0.1, -0.05) is 25.1 Å². The van der Waals surface area contributed by atoms with Gasteiger partial charge in [-0.15, -0.1) is 24.0 Å². The fourth-order valence-corrected chi connectivity index (χ4v) is 1.91. The zero-order chi connectivity index (χ0) is 17.3. The van der Waals surface area contributed by atoms with Crippen LogP contribution in [0.2, 0.25) is 0 Å².